The maximum absolute atomic E-state index is 12.2. The quantitative estimate of drug-likeness (QED) is 0.291. The summed E-state index contributed by atoms with van der Waals surface area (Å²) < 4.78 is 5.93. The lowest BCUT2D eigenvalue weighted by molar-refractivity contribution is -0.124. The van der Waals surface area contributed by atoms with Crippen molar-refractivity contribution in [2.45, 2.75) is 0 Å². The van der Waals surface area contributed by atoms with Crippen LogP contribution in [0, 0.1) is 0 Å². The van der Waals surface area contributed by atoms with Gasteiger partial charge in [-0.3, -0.25) is 14.8 Å². The Bertz CT molecular complexity index is 865. The van der Waals surface area contributed by atoms with Gasteiger partial charge in [-0.25, -0.2) is 10.9 Å². The minimum absolute atomic E-state index is 0.379. The molecule has 2 aromatic carbocycles. The van der Waals surface area contributed by atoms with Crippen molar-refractivity contribution in [1.29, 1.82) is 0 Å². The Morgan fingerprint density at radius 1 is 1.19 bits per heavy atom. The monoisotopic (exact) mass is 417 g/mol. The lowest BCUT2D eigenvalue weighted by Gasteiger charge is -2.03. The molecule has 0 heterocycles. The molecule has 0 radical (unpaired) electrons. The minimum atomic E-state index is -0.657. The van der Waals surface area contributed by atoms with Crippen LogP contribution in [0.1, 0.15) is 21.5 Å². The number of carbonyl (C=O) groups is 2. The average molecular weight is 418 g/mol. The third kappa shape index (κ3) is 5.54. The average Bonchev–Trinajstić information content (AvgIpc) is 2.66. The molecule has 0 aromatic heterocycles. The molecule has 7 nitrogen and oxygen atoms in total. The number of amides is 2. The fourth-order valence-electron chi connectivity index (χ4n) is 1.99. The number of hydrazone groups is 1. The molecule has 0 fully saturated rings. The Kier molecular flexibility index (Phi) is 7.07. The van der Waals surface area contributed by atoms with Gasteiger partial charge in [0.15, 0.2) is 0 Å². The molecular formula is C18H16BrN3O4. The molecule has 3 N–H and O–H groups in total. The zero-order valence-electron chi connectivity index (χ0n) is 13.8. The van der Waals surface area contributed by atoms with Gasteiger partial charge >= 0.3 is 0 Å². The predicted octanol–water partition coefficient (Wildman–Crippen LogP) is 2.74. The zero-order valence-corrected chi connectivity index (χ0v) is 15.4. The van der Waals surface area contributed by atoms with E-state index in [0.29, 0.717) is 16.9 Å². The lowest BCUT2D eigenvalue weighted by Crippen LogP contribution is -2.17. The van der Waals surface area contributed by atoms with Crippen LogP contribution in [-0.4, -0.2) is 30.3 Å². The van der Waals surface area contributed by atoms with E-state index in [1.54, 1.807) is 43.5 Å². The number of carbonyl (C=O) groups excluding carboxylic acids is 2. The molecule has 0 aliphatic carbocycles. The third-order valence-corrected chi connectivity index (χ3v) is 3.86. The van der Waals surface area contributed by atoms with Crippen LogP contribution < -0.4 is 15.6 Å². The molecule has 26 heavy (non-hydrogen) atoms. The van der Waals surface area contributed by atoms with Crippen molar-refractivity contribution in [3.05, 3.63) is 69.7 Å². The first kappa shape index (κ1) is 19.4. The number of nitrogens with one attached hydrogen (secondary N) is 2. The van der Waals surface area contributed by atoms with E-state index in [9.17, 15) is 9.59 Å². The molecule has 2 rings (SSSR count). The van der Waals surface area contributed by atoms with Gasteiger partial charge in [-0.05, 0) is 63.5 Å². The van der Waals surface area contributed by atoms with E-state index in [-0.39, 0.29) is 0 Å². The van der Waals surface area contributed by atoms with Crippen molar-refractivity contribution in [1.82, 2.24) is 10.9 Å². The second-order valence-electron chi connectivity index (χ2n) is 5.03. The van der Waals surface area contributed by atoms with Crippen LogP contribution in [-0.2, 0) is 4.79 Å². The first-order valence-electron chi connectivity index (χ1n) is 7.42. The highest BCUT2D eigenvalue weighted by atomic mass is 79.9. The molecule has 0 aliphatic heterocycles. The van der Waals surface area contributed by atoms with Gasteiger partial charge in [0.05, 0.1) is 17.8 Å². The first-order chi connectivity index (χ1) is 12.5. The van der Waals surface area contributed by atoms with Crippen LogP contribution in [0.25, 0.3) is 6.08 Å². The first-order valence-corrected chi connectivity index (χ1v) is 8.22. The van der Waals surface area contributed by atoms with Crippen molar-refractivity contribution in [2.24, 2.45) is 5.10 Å². The minimum Gasteiger partial charge on any atom is -0.496 e. The Morgan fingerprint density at radius 3 is 2.69 bits per heavy atom. The highest BCUT2D eigenvalue weighted by Gasteiger charge is 2.05. The summed E-state index contributed by atoms with van der Waals surface area (Å²) >= 11 is 3.38. The molecule has 0 atom stereocenters. The van der Waals surface area contributed by atoms with Gasteiger partial charge in [-0.1, -0.05) is 12.1 Å². The topological polar surface area (TPSA) is 100 Å². The summed E-state index contributed by atoms with van der Waals surface area (Å²) in [5.74, 6) is -0.350. The second kappa shape index (κ2) is 9.50. The number of hydroxylamine groups is 1. The van der Waals surface area contributed by atoms with Crippen molar-refractivity contribution in [3.63, 3.8) is 0 Å². The number of ether oxygens (including phenoxy) is 1. The highest BCUT2D eigenvalue weighted by molar-refractivity contribution is 9.10. The summed E-state index contributed by atoms with van der Waals surface area (Å²) in [6, 6.07) is 12.0. The SMILES string of the molecule is COc1ccc(C=NNC(=O)c2cccc(C=CC(=O)NO)c2)cc1Br. The fraction of sp³-hybridized carbons (Fsp3) is 0.0556. The van der Waals surface area contributed by atoms with Crippen LogP contribution >= 0.6 is 15.9 Å². The molecule has 2 aromatic rings. The summed E-state index contributed by atoms with van der Waals surface area (Å²) in [5.41, 5.74) is 5.72. The second-order valence-corrected chi connectivity index (χ2v) is 5.88. The van der Waals surface area contributed by atoms with E-state index in [4.69, 9.17) is 9.94 Å². The summed E-state index contributed by atoms with van der Waals surface area (Å²) in [4.78, 5) is 23.1. The van der Waals surface area contributed by atoms with E-state index in [0.717, 1.165) is 16.1 Å². The van der Waals surface area contributed by atoms with E-state index in [2.05, 4.69) is 26.5 Å². The number of hydrogen-bond donors (Lipinski definition) is 3. The standard InChI is InChI=1S/C18H16BrN3O4/c1-26-16-7-5-13(10-15(16)19)11-20-21-18(24)14-4-2-3-12(9-14)6-8-17(23)22-25/h2-11,25H,1H3,(H,21,24)(H,22,23). The number of benzene rings is 2. The molecule has 0 unspecified atom stereocenters. The highest BCUT2D eigenvalue weighted by Crippen LogP contribution is 2.24. The number of rotatable bonds is 6. The Morgan fingerprint density at radius 2 is 2.00 bits per heavy atom. The Hall–Kier alpha value is -2.97. The maximum atomic E-state index is 12.2. The van der Waals surface area contributed by atoms with E-state index >= 15 is 0 Å². The van der Waals surface area contributed by atoms with Crippen molar-refractivity contribution >= 4 is 40.0 Å². The molecule has 134 valence electrons. The number of nitrogens with zero attached hydrogens (tertiary/aromatic N) is 1. The van der Waals surface area contributed by atoms with E-state index < -0.39 is 11.8 Å². The summed E-state index contributed by atoms with van der Waals surface area (Å²) in [6.07, 6.45) is 4.13. The van der Waals surface area contributed by atoms with Gasteiger partial charge < -0.3 is 4.74 Å². The number of hydrogen-bond acceptors (Lipinski definition) is 5. The maximum Gasteiger partial charge on any atom is 0.271 e. The van der Waals surface area contributed by atoms with Crippen LogP contribution in [0.15, 0.2) is 58.1 Å². The molecule has 0 spiro atoms. The fourth-order valence-corrected chi connectivity index (χ4v) is 2.54. The molecule has 0 saturated heterocycles. The van der Waals surface area contributed by atoms with Gasteiger partial charge in [0.2, 0.25) is 0 Å². The largest absolute Gasteiger partial charge is 0.496 e. The molecule has 0 saturated carbocycles. The van der Waals surface area contributed by atoms with Crippen molar-refractivity contribution < 1.29 is 19.5 Å². The summed E-state index contributed by atoms with van der Waals surface area (Å²) in [5, 5.41) is 12.4. The van der Waals surface area contributed by atoms with Crippen LogP contribution in [0.2, 0.25) is 0 Å². The molecule has 0 bridgehead atoms. The Balaban J connectivity index is 2.02. The number of methoxy groups -OCH3 is 1. The predicted molar refractivity (Wildman–Crippen MR) is 101 cm³/mol. The van der Waals surface area contributed by atoms with Crippen LogP contribution in [0.5, 0.6) is 5.75 Å². The normalized spacial score (nSPS) is 10.9. The molecule has 0 aliphatic rings. The summed E-state index contributed by atoms with van der Waals surface area (Å²) in [7, 11) is 1.58. The summed E-state index contributed by atoms with van der Waals surface area (Å²) in [6.45, 7) is 0. The van der Waals surface area contributed by atoms with Gasteiger partial charge in [0.25, 0.3) is 11.8 Å². The van der Waals surface area contributed by atoms with Crippen molar-refractivity contribution in [3.8, 4) is 5.75 Å². The number of halogens is 1. The lowest BCUT2D eigenvalue weighted by atomic mass is 10.1. The smallest absolute Gasteiger partial charge is 0.271 e. The van der Waals surface area contributed by atoms with E-state index in [1.165, 1.54) is 17.8 Å². The van der Waals surface area contributed by atoms with Gasteiger partial charge in [0, 0.05) is 11.6 Å². The Labute approximate surface area is 158 Å². The van der Waals surface area contributed by atoms with Crippen molar-refractivity contribution in [2.75, 3.05) is 7.11 Å². The zero-order chi connectivity index (χ0) is 18.9. The van der Waals surface area contributed by atoms with E-state index in [1.807, 2.05) is 6.07 Å². The van der Waals surface area contributed by atoms with Gasteiger partial charge in [-0.2, -0.15) is 5.10 Å². The molecular weight excluding hydrogens is 402 g/mol. The molecule has 2 amide bonds. The van der Waals surface area contributed by atoms with Crippen LogP contribution in [0.4, 0.5) is 0 Å². The third-order valence-electron chi connectivity index (χ3n) is 3.24. The molecule has 8 heteroatoms. The van der Waals surface area contributed by atoms with Crippen LogP contribution in [0.3, 0.4) is 0 Å². The van der Waals surface area contributed by atoms with Gasteiger partial charge in [0.1, 0.15) is 5.75 Å². The van der Waals surface area contributed by atoms with Gasteiger partial charge in [-0.15, -0.1) is 0 Å².